The summed E-state index contributed by atoms with van der Waals surface area (Å²) in [7, 11) is 0. The molecule has 0 atom stereocenters. The zero-order valence-corrected chi connectivity index (χ0v) is 19.0. The summed E-state index contributed by atoms with van der Waals surface area (Å²) in [5, 5.41) is 2.73. The Kier molecular flexibility index (Phi) is 6.27. The van der Waals surface area contributed by atoms with E-state index in [4.69, 9.17) is 21.1 Å². The van der Waals surface area contributed by atoms with Crippen LogP contribution in [-0.2, 0) is 16.1 Å². The second kappa shape index (κ2) is 9.81. The number of aromatic nitrogens is 2. The van der Waals surface area contributed by atoms with Crippen LogP contribution in [0, 0.1) is 0 Å². The van der Waals surface area contributed by atoms with E-state index in [1.54, 1.807) is 0 Å². The molecular weight excluding hydrogens is 448 g/mol. The normalized spacial score (nSPS) is 11.3. The minimum atomic E-state index is -0.427. The fourth-order valence-corrected chi connectivity index (χ4v) is 3.85. The topological polar surface area (TPSA) is 64.2 Å². The molecule has 0 saturated heterocycles. The first kappa shape index (κ1) is 21.7. The van der Waals surface area contributed by atoms with Gasteiger partial charge < -0.3 is 14.5 Å². The molecule has 168 valence electrons. The molecule has 0 bridgehead atoms. The summed E-state index contributed by atoms with van der Waals surface area (Å²) >= 11 is 6.08. The summed E-state index contributed by atoms with van der Waals surface area (Å²) in [6.07, 6.45) is 5.76. The van der Waals surface area contributed by atoms with Crippen molar-refractivity contribution in [3.05, 3.63) is 107 Å². The molecule has 0 aliphatic rings. The fourth-order valence-electron chi connectivity index (χ4n) is 3.69. The summed E-state index contributed by atoms with van der Waals surface area (Å²) in [6, 6.07) is 25.1. The molecule has 0 amide bonds. The van der Waals surface area contributed by atoms with Crippen LogP contribution in [0.5, 0.6) is 5.75 Å². The fraction of sp³-hybridized carbons (Fsp3) is 0.0714. The average Bonchev–Trinajstić information content (AvgIpc) is 3.34. The van der Waals surface area contributed by atoms with Crippen molar-refractivity contribution in [1.82, 2.24) is 9.97 Å². The minimum absolute atomic E-state index is 0.157. The first-order chi connectivity index (χ1) is 16.6. The van der Waals surface area contributed by atoms with E-state index in [-0.39, 0.29) is 13.2 Å². The van der Waals surface area contributed by atoms with Crippen LogP contribution in [-0.4, -0.2) is 22.5 Å². The molecule has 5 aromatic rings. The van der Waals surface area contributed by atoms with E-state index >= 15 is 0 Å². The first-order valence-corrected chi connectivity index (χ1v) is 11.2. The van der Waals surface area contributed by atoms with Crippen LogP contribution in [0.2, 0.25) is 5.02 Å². The van der Waals surface area contributed by atoms with Gasteiger partial charge in [0.2, 0.25) is 0 Å². The average molecular weight is 469 g/mol. The van der Waals surface area contributed by atoms with E-state index in [1.807, 2.05) is 97.2 Å². The van der Waals surface area contributed by atoms with Gasteiger partial charge in [0.15, 0.2) is 6.61 Å². The molecule has 0 radical (unpaired) electrons. The van der Waals surface area contributed by atoms with E-state index in [0.717, 1.165) is 38.6 Å². The zero-order chi connectivity index (χ0) is 23.3. The van der Waals surface area contributed by atoms with Crippen LogP contribution < -0.4 is 4.74 Å². The molecule has 0 unspecified atom stereocenters. The van der Waals surface area contributed by atoms with Gasteiger partial charge in [0.25, 0.3) is 0 Å². The molecule has 6 heteroatoms. The van der Waals surface area contributed by atoms with Gasteiger partial charge in [0.1, 0.15) is 12.4 Å². The lowest BCUT2D eigenvalue weighted by molar-refractivity contribution is -0.147. The van der Waals surface area contributed by atoms with Crippen molar-refractivity contribution < 1.29 is 14.3 Å². The van der Waals surface area contributed by atoms with Crippen LogP contribution in [0.4, 0.5) is 0 Å². The second-order valence-electron chi connectivity index (χ2n) is 7.80. The number of hydrogen-bond donors (Lipinski definition) is 1. The van der Waals surface area contributed by atoms with Crippen molar-refractivity contribution in [1.29, 1.82) is 0 Å². The van der Waals surface area contributed by atoms with Gasteiger partial charge in [-0.05, 0) is 53.6 Å². The molecule has 0 spiro atoms. The number of benzene rings is 3. The van der Waals surface area contributed by atoms with E-state index in [0.29, 0.717) is 10.8 Å². The van der Waals surface area contributed by atoms with Crippen molar-refractivity contribution in [2.24, 2.45) is 0 Å². The Morgan fingerprint density at radius 1 is 0.941 bits per heavy atom. The molecule has 1 N–H and O–H groups in total. The predicted molar refractivity (Wildman–Crippen MR) is 136 cm³/mol. The predicted octanol–water partition coefficient (Wildman–Crippen LogP) is 6.66. The highest BCUT2D eigenvalue weighted by atomic mass is 35.5. The lowest BCUT2D eigenvalue weighted by atomic mass is 10.1. The smallest absolute Gasteiger partial charge is 0.344 e. The largest absolute Gasteiger partial charge is 0.480 e. The number of aromatic amines is 1. The third kappa shape index (κ3) is 5.11. The lowest BCUT2D eigenvalue weighted by Gasteiger charge is -2.08. The van der Waals surface area contributed by atoms with Crippen molar-refractivity contribution in [2.75, 3.05) is 6.61 Å². The van der Waals surface area contributed by atoms with Gasteiger partial charge in [-0.1, -0.05) is 60.1 Å². The molecular formula is C28H21ClN2O3. The third-order valence-electron chi connectivity index (χ3n) is 5.37. The van der Waals surface area contributed by atoms with E-state index in [9.17, 15) is 4.79 Å². The maximum atomic E-state index is 12.2. The number of carbonyl (C=O) groups excluding carboxylic acids is 1. The number of nitrogens with one attached hydrogen (secondary N) is 1. The summed E-state index contributed by atoms with van der Waals surface area (Å²) in [5.41, 5.74) is 4.42. The Bertz CT molecular complexity index is 1510. The van der Waals surface area contributed by atoms with Gasteiger partial charge in [-0.3, -0.25) is 0 Å². The first-order valence-electron chi connectivity index (χ1n) is 10.8. The molecule has 3 aromatic carbocycles. The quantitative estimate of drug-likeness (QED) is 0.271. The van der Waals surface area contributed by atoms with Gasteiger partial charge in [0.05, 0.1) is 16.7 Å². The van der Waals surface area contributed by atoms with Crippen molar-refractivity contribution in [3.63, 3.8) is 0 Å². The number of fused-ring (bicyclic) bond motifs is 2. The highest BCUT2D eigenvalue weighted by Crippen LogP contribution is 2.24. The monoisotopic (exact) mass is 468 g/mol. The SMILES string of the molecule is O=C(COc1cccc2cc[nH]c12)OCc1cccc(/C=C/c2ccc3ccc(Cl)cc3n2)c1. The molecule has 5 rings (SSSR count). The number of pyridine rings is 1. The Morgan fingerprint density at radius 3 is 2.76 bits per heavy atom. The molecule has 34 heavy (non-hydrogen) atoms. The van der Waals surface area contributed by atoms with Gasteiger partial charge in [-0.2, -0.15) is 0 Å². The van der Waals surface area contributed by atoms with Gasteiger partial charge in [-0.25, -0.2) is 9.78 Å². The standard InChI is InChI=1S/C28H21ClN2O3/c29-23-10-8-21-9-12-24(31-25(21)16-23)11-7-19-3-1-4-20(15-19)17-34-27(32)18-33-26-6-2-5-22-13-14-30-28(22)26/h1-16,30H,17-18H2/b11-7+. The summed E-state index contributed by atoms with van der Waals surface area (Å²) in [5.74, 6) is 0.194. The number of nitrogens with zero attached hydrogens (tertiary/aromatic N) is 1. The number of hydrogen-bond acceptors (Lipinski definition) is 4. The Morgan fingerprint density at radius 2 is 1.82 bits per heavy atom. The van der Waals surface area contributed by atoms with E-state index in [2.05, 4.69) is 9.97 Å². The molecule has 0 aliphatic heterocycles. The van der Waals surface area contributed by atoms with Gasteiger partial charge in [-0.15, -0.1) is 0 Å². The molecule has 2 aromatic heterocycles. The van der Waals surface area contributed by atoms with Crippen molar-refractivity contribution in [2.45, 2.75) is 6.61 Å². The number of esters is 1. The molecule has 5 nitrogen and oxygen atoms in total. The highest BCUT2D eigenvalue weighted by Gasteiger charge is 2.08. The Balaban J connectivity index is 1.18. The van der Waals surface area contributed by atoms with Gasteiger partial charge >= 0.3 is 5.97 Å². The van der Waals surface area contributed by atoms with E-state index in [1.165, 1.54) is 0 Å². The van der Waals surface area contributed by atoms with Gasteiger partial charge in [0, 0.05) is 22.0 Å². The highest BCUT2D eigenvalue weighted by molar-refractivity contribution is 6.31. The maximum Gasteiger partial charge on any atom is 0.344 e. The Hall–Kier alpha value is -4.09. The number of carbonyl (C=O) groups is 1. The van der Waals surface area contributed by atoms with Crippen LogP contribution >= 0.6 is 11.6 Å². The second-order valence-corrected chi connectivity index (χ2v) is 8.24. The van der Waals surface area contributed by atoms with Crippen LogP contribution in [0.1, 0.15) is 16.8 Å². The third-order valence-corrected chi connectivity index (χ3v) is 5.60. The summed E-state index contributed by atoms with van der Waals surface area (Å²) < 4.78 is 11.0. The zero-order valence-electron chi connectivity index (χ0n) is 18.2. The number of rotatable bonds is 7. The maximum absolute atomic E-state index is 12.2. The molecule has 0 aliphatic carbocycles. The number of H-pyrrole nitrogens is 1. The Labute approximate surface area is 201 Å². The van der Waals surface area contributed by atoms with Crippen LogP contribution in [0.25, 0.3) is 34.0 Å². The summed E-state index contributed by atoms with van der Waals surface area (Å²) in [4.78, 5) is 20.0. The molecule has 0 saturated carbocycles. The van der Waals surface area contributed by atoms with Crippen molar-refractivity contribution >= 4 is 51.5 Å². The summed E-state index contributed by atoms with van der Waals surface area (Å²) in [6.45, 7) is 0.0126. The minimum Gasteiger partial charge on any atom is -0.480 e. The molecule has 2 heterocycles. The number of ether oxygens (including phenoxy) is 2. The van der Waals surface area contributed by atoms with E-state index < -0.39 is 5.97 Å². The molecule has 0 fully saturated rings. The number of halogens is 1. The van der Waals surface area contributed by atoms with Crippen LogP contribution in [0.15, 0.2) is 85.1 Å². The van der Waals surface area contributed by atoms with Crippen LogP contribution in [0.3, 0.4) is 0 Å². The van der Waals surface area contributed by atoms with Crippen molar-refractivity contribution in [3.8, 4) is 5.75 Å². The number of para-hydroxylation sites is 1. The lowest BCUT2D eigenvalue weighted by Crippen LogP contribution is -2.14.